The second kappa shape index (κ2) is 12.7. The molecular weight excluding hydrogens is 282 g/mol. The highest BCUT2D eigenvalue weighted by Crippen LogP contribution is 2.12. The van der Waals surface area contributed by atoms with Crippen LogP contribution in [0.25, 0.3) is 0 Å². The van der Waals surface area contributed by atoms with Gasteiger partial charge in [-0.3, -0.25) is 4.79 Å². The highest BCUT2D eigenvalue weighted by Gasteiger charge is 2.10. The normalized spacial score (nSPS) is 14.7. The van der Waals surface area contributed by atoms with E-state index in [-0.39, 0.29) is 0 Å². The molecule has 0 aromatic carbocycles. The molecule has 0 unspecified atom stereocenters. The van der Waals surface area contributed by atoms with Gasteiger partial charge in [-0.2, -0.15) is 11.8 Å². The summed E-state index contributed by atoms with van der Waals surface area (Å²) < 4.78 is 0. The van der Waals surface area contributed by atoms with Gasteiger partial charge in [0.15, 0.2) is 0 Å². The van der Waals surface area contributed by atoms with Crippen LogP contribution in [0.15, 0.2) is 35.5 Å². The summed E-state index contributed by atoms with van der Waals surface area (Å²) in [5.41, 5.74) is 8.23. The summed E-state index contributed by atoms with van der Waals surface area (Å²) in [6.45, 7) is 6.35. The van der Waals surface area contributed by atoms with Crippen molar-refractivity contribution in [1.29, 1.82) is 0 Å². The molecule has 3 nitrogen and oxygen atoms in total. The smallest absolute Gasteiger partial charge is 0.321 e. The van der Waals surface area contributed by atoms with Crippen molar-refractivity contribution < 1.29 is 9.90 Å². The maximum absolute atomic E-state index is 10.6. The molecule has 0 saturated carbocycles. The molecule has 0 rings (SSSR count). The number of hydrogen-bond donors (Lipinski definition) is 2. The van der Waals surface area contributed by atoms with Gasteiger partial charge in [-0.25, -0.2) is 0 Å². The zero-order chi connectivity index (χ0) is 16.1. The molecule has 0 aromatic heterocycles. The fraction of sp³-hybridized carbons (Fsp3) is 0.588. The van der Waals surface area contributed by atoms with Gasteiger partial charge in [0.1, 0.15) is 6.04 Å². The molecule has 21 heavy (non-hydrogen) atoms. The van der Waals surface area contributed by atoms with Crippen molar-refractivity contribution in [3.8, 4) is 0 Å². The van der Waals surface area contributed by atoms with E-state index in [2.05, 4.69) is 38.2 Å². The molecule has 0 bridgehead atoms. The van der Waals surface area contributed by atoms with Gasteiger partial charge in [0.05, 0.1) is 0 Å². The number of carbonyl (C=O) groups is 1. The number of carboxylic acid groups (broad SMARTS) is 1. The number of thioether (sulfide) groups is 1. The third-order valence-electron chi connectivity index (χ3n) is 3.13. The van der Waals surface area contributed by atoms with Gasteiger partial charge >= 0.3 is 5.97 Å². The number of aliphatic carboxylic acids is 1. The van der Waals surface area contributed by atoms with E-state index in [1.54, 1.807) is 11.8 Å². The van der Waals surface area contributed by atoms with Gasteiger partial charge in [-0.1, -0.05) is 35.5 Å². The Morgan fingerprint density at radius 1 is 1.24 bits per heavy atom. The lowest BCUT2D eigenvalue weighted by Crippen LogP contribution is -2.32. The predicted molar refractivity (Wildman–Crippen MR) is 93.7 cm³/mol. The van der Waals surface area contributed by atoms with Crippen LogP contribution < -0.4 is 5.73 Å². The topological polar surface area (TPSA) is 63.3 Å². The Balaban J connectivity index is 3.83. The lowest BCUT2D eigenvalue weighted by molar-refractivity contribution is -0.137. The molecule has 1 atom stereocenters. The second-order valence-electron chi connectivity index (χ2n) is 5.21. The zero-order valence-corrected chi connectivity index (χ0v) is 14.3. The van der Waals surface area contributed by atoms with Gasteiger partial charge in [0, 0.05) is 5.75 Å². The number of nitrogens with two attached hydrogens (primary N) is 1. The van der Waals surface area contributed by atoms with Crippen molar-refractivity contribution in [2.45, 2.75) is 52.5 Å². The van der Waals surface area contributed by atoms with E-state index in [1.807, 2.05) is 6.92 Å². The number of hydrogen-bond acceptors (Lipinski definition) is 3. The molecule has 0 heterocycles. The summed E-state index contributed by atoms with van der Waals surface area (Å²) in [7, 11) is 0. The van der Waals surface area contributed by atoms with Crippen LogP contribution in [-0.2, 0) is 4.79 Å². The quantitative estimate of drug-likeness (QED) is 0.444. The Morgan fingerprint density at radius 2 is 1.86 bits per heavy atom. The summed E-state index contributed by atoms with van der Waals surface area (Å²) in [6.07, 6.45) is 13.0. The third kappa shape index (κ3) is 12.5. The number of rotatable bonds is 11. The van der Waals surface area contributed by atoms with Crippen molar-refractivity contribution in [2.24, 2.45) is 5.73 Å². The molecule has 0 aliphatic rings. The first-order valence-corrected chi connectivity index (χ1v) is 8.61. The van der Waals surface area contributed by atoms with Crippen molar-refractivity contribution in [3.63, 3.8) is 0 Å². The van der Waals surface area contributed by atoms with Crippen LogP contribution in [0.4, 0.5) is 0 Å². The summed E-state index contributed by atoms with van der Waals surface area (Å²) in [5, 5.41) is 8.68. The molecule has 0 spiro atoms. The lowest BCUT2D eigenvalue weighted by atomic mass is 10.1. The maximum Gasteiger partial charge on any atom is 0.321 e. The zero-order valence-electron chi connectivity index (χ0n) is 13.5. The first-order chi connectivity index (χ1) is 9.97. The maximum atomic E-state index is 10.6. The Bertz CT molecular complexity index is 386. The van der Waals surface area contributed by atoms with E-state index < -0.39 is 12.0 Å². The van der Waals surface area contributed by atoms with Crippen LogP contribution in [-0.4, -0.2) is 28.6 Å². The molecule has 0 saturated heterocycles. The minimum atomic E-state index is -0.923. The highest BCUT2D eigenvalue weighted by atomic mass is 32.2. The highest BCUT2D eigenvalue weighted by molar-refractivity contribution is 7.99. The molecular formula is C17H29NO2S. The van der Waals surface area contributed by atoms with Crippen LogP contribution in [0.2, 0.25) is 0 Å². The third-order valence-corrected chi connectivity index (χ3v) is 4.22. The van der Waals surface area contributed by atoms with E-state index in [1.165, 1.54) is 11.1 Å². The van der Waals surface area contributed by atoms with E-state index in [0.717, 1.165) is 31.4 Å². The van der Waals surface area contributed by atoms with Gasteiger partial charge in [-0.05, 0) is 52.2 Å². The summed E-state index contributed by atoms with van der Waals surface area (Å²) in [5.74, 6) is 0.480. The van der Waals surface area contributed by atoms with Crippen molar-refractivity contribution in [3.05, 3.63) is 35.5 Å². The molecule has 0 aromatic rings. The Labute approximate surface area is 133 Å². The molecule has 0 aliphatic carbocycles. The Hall–Kier alpha value is -1.00. The fourth-order valence-corrected chi connectivity index (χ4v) is 2.69. The molecule has 4 heteroatoms. The van der Waals surface area contributed by atoms with Gasteiger partial charge in [0.2, 0.25) is 0 Å². The van der Waals surface area contributed by atoms with Gasteiger partial charge in [0.25, 0.3) is 0 Å². The summed E-state index contributed by atoms with van der Waals surface area (Å²) >= 11 is 1.60. The molecule has 0 aliphatic heterocycles. The number of allylic oxidation sites excluding steroid dienone is 6. The molecule has 120 valence electrons. The lowest BCUT2D eigenvalue weighted by Gasteiger charge is -2.06. The standard InChI is InChI=1S/C17H29NO2S/c1-4-5-6-8-14(2)9-7-10-15(3)11-12-21-13-16(18)17(19)20/h4-5,9-10,16H,6-8,11-13,18H2,1-3H3,(H,19,20)/b5-4+,14-9+,15-10+/t16-/m0/s1. The average Bonchev–Trinajstić information content (AvgIpc) is 2.43. The SMILES string of the molecule is C/C=C/CC/C(C)=C/C/C=C(\C)CCSC[C@H](N)C(=O)O. The first-order valence-electron chi connectivity index (χ1n) is 7.46. The van der Waals surface area contributed by atoms with E-state index in [9.17, 15) is 4.79 Å². The number of carboxylic acids is 1. The largest absolute Gasteiger partial charge is 0.480 e. The predicted octanol–water partition coefficient (Wildman–Crippen LogP) is 4.16. The molecule has 0 amide bonds. The van der Waals surface area contributed by atoms with E-state index in [4.69, 9.17) is 10.8 Å². The first kappa shape index (κ1) is 20.0. The molecule has 0 radical (unpaired) electrons. The van der Waals surface area contributed by atoms with Crippen molar-refractivity contribution in [2.75, 3.05) is 11.5 Å². The van der Waals surface area contributed by atoms with Crippen LogP contribution in [0, 0.1) is 0 Å². The van der Waals surface area contributed by atoms with E-state index >= 15 is 0 Å². The van der Waals surface area contributed by atoms with Crippen molar-refractivity contribution in [1.82, 2.24) is 0 Å². The minimum Gasteiger partial charge on any atom is -0.480 e. The monoisotopic (exact) mass is 311 g/mol. The van der Waals surface area contributed by atoms with Crippen LogP contribution in [0.3, 0.4) is 0 Å². The van der Waals surface area contributed by atoms with Gasteiger partial charge < -0.3 is 10.8 Å². The average molecular weight is 311 g/mol. The fourth-order valence-electron chi connectivity index (χ4n) is 1.66. The molecule has 3 N–H and O–H groups in total. The van der Waals surface area contributed by atoms with Crippen LogP contribution in [0.5, 0.6) is 0 Å². The Kier molecular flexibility index (Phi) is 12.1. The summed E-state index contributed by atoms with van der Waals surface area (Å²) in [4.78, 5) is 10.6. The second-order valence-corrected chi connectivity index (χ2v) is 6.36. The minimum absolute atomic E-state index is 0.479. The van der Waals surface area contributed by atoms with Crippen molar-refractivity contribution >= 4 is 17.7 Å². The van der Waals surface area contributed by atoms with Crippen LogP contribution >= 0.6 is 11.8 Å². The summed E-state index contributed by atoms with van der Waals surface area (Å²) in [6, 6.07) is -0.748. The Morgan fingerprint density at radius 3 is 2.43 bits per heavy atom. The van der Waals surface area contributed by atoms with E-state index in [0.29, 0.717) is 5.75 Å². The van der Waals surface area contributed by atoms with Gasteiger partial charge in [-0.15, -0.1) is 0 Å². The van der Waals surface area contributed by atoms with Crippen LogP contribution in [0.1, 0.15) is 46.5 Å². The molecule has 0 fully saturated rings.